The predicted octanol–water partition coefficient (Wildman–Crippen LogP) is 2.54. The summed E-state index contributed by atoms with van der Waals surface area (Å²) in [5.74, 6) is -0.827. The standard InChI is InChI=1S/C21H25F3N4O5/c1-18(5-6-18)33-17(31)27-19-10-20(11-19,12-19)28(15(29)8-26-16(25)30)9-13-3-2-4-14(7-13)32-21(22,23)24/h2-4,7H,5-6,8-12H2,1H3,(H,27,31)(H3,25,26,30). The van der Waals surface area contributed by atoms with E-state index in [4.69, 9.17) is 10.5 Å². The van der Waals surface area contributed by atoms with E-state index in [9.17, 15) is 27.6 Å². The van der Waals surface area contributed by atoms with Gasteiger partial charge in [-0.3, -0.25) is 4.79 Å². The number of alkyl carbamates (subject to hydrolysis) is 1. The Morgan fingerprint density at radius 3 is 2.42 bits per heavy atom. The molecule has 5 rings (SSSR count). The molecule has 9 nitrogen and oxygen atoms in total. The van der Waals surface area contributed by atoms with Gasteiger partial charge in [-0.1, -0.05) is 12.1 Å². The molecule has 0 spiro atoms. The average molecular weight is 470 g/mol. The predicted molar refractivity (Wildman–Crippen MR) is 108 cm³/mol. The number of halogens is 3. The molecule has 4 fully saturated rings. The molecule has 4 aliphatic rings. The SMILES string of the molecule is CC1(OC(=O)NC23CC(N(Cc4cccc(OC(F)(F)F)c4)C(=O)CNC(N)=O)(C2)C3)CC1. The van der Waals surface area contributed by atoms with E-state index in [1.165, 1.54) is 23.1 Å². The van der Waals surface area contributed by atoms with Gasteiger partial charge < -0.3 is 30.7 Å². The van der Waals surface area contributed by atoms with E-state index in [0.717, 1.165) is 12.8 Å². The largest absolute Gasteiger partial charge is 0.573 e. The first-order valence-electron chi connectivity index (χ1n) is 10.5. The van der Waals surface area contributed by atoms with Crippen LogP contribution in [0.15, 0.2) is 24.3 Å². The summed E-state index contributed by atoms with van der Waals surface area (Å²) < 4.78 is 47.1. The van der Waals surface area contributed by atoms with Crippen LogP contribution in [0.3, 0.4) is 0 Å². The molecule has 2 bridgehead atoms. The molecular weight excluding hydrogens is 445 g/mol. The summed E-state index contributed by atoms with van der Waals surface area (Å²) in [7, 11) is 0. The molecule has 33 heavy (non-hydrogen) atoms. The first-order chi connectivity index (χ1) is 15.3. The number of nitrogens with one attached hydrogen (secondary N) is 2. The normalized spacial score (nSPS) is 26.2. The molecule has 4 aliphatic carbocycles. The van der Waals surface area contributed by atoms with Crippen molar-refractivity contribution in [1.29, 1.82) is 0 Å². The maximum absolute atomic E-state index is 12.9. The number of nitrogens with zero attached hydrogens (tertiary/aromatic N) is 1. The van der Waals surface area contributed by atoms with Crippen molar-refractivity contribution < 1.29 is 37.0 Å². The molecule has 0 unspecified atom stereocenters. The number of primary amides is 1. The van der Waals surface area contributed by atoms with Crippen molar-refractivity contribution in [2.24, 2.45) is 5.73 Å². The minimum atomic E-state index is -4.84. The van der Waals surface area contributed by atoms with Crippen LogP contribution in [0.25, 0.3) is 0 Å². The molecule has 4 amide bonds. The van der Waals surface area contributed by atoms with Crippen molar-refractivity contribution in [2.75, 3.05) is 6.54 Å². The molecule has 1 aromatic carbocycles. The van der Waals surface area contributed by atoms with Gasteiger partial charge in [0, 0.05) is 6.54 Å². The second-order valence-electron chi connectivity index (χ2n) is 9.39. The van der Waals surface area contributed by atoms with Crippen molar-refractivity contribution in [1.82, 2.24) is 15.5 Å². The van der Waals surface area contributed by atoms with Crippen LogP contribution in [-0.4, -0.2) is 52.5 Å². The van der Waals surface area contributed by atoms with Gasteiger partial charge in [0.1, 0.15) is 11.4 Å². The fraction of sp³-hybridized carbons (Fsp3) is 0.571. The van der Waals surface area contributed by atoms with Gasteiger partial charge in [0.05, 0.1) is 17.6 Å². The first-order valence-corrected chi connectivity index (χ1v) is 10.5. The number of amides is 4. The van der Waals surface area contributed by atoms with Crippen LogP contribution in [-0.2, 0) is 16.1 Å². The summed E-state index contributed by atoms with van der Waals surface area (Å²) in [5.41, 5.74) is 4.04. The van der Waals surface area contributed by atoms with Gasteiger partial charge in [0.2, 0.25) is 5.91 Å². The lowest BCUT2D eigenvalue weighted by Crippen LogP contribution is -2.84. The Labute approximate surface area is 187 Å². The summed E-state index contributed by atoms with van der Waals surface area (Å²) in [6.45, 7) is 1.52. The molecule has 180 valence electrons. The van der Waals surface area contributed by atoms with Gasteiger partial charge in [0.25, 0.3) is 0 Å². The number of nitrogens with two attached hydrogens (primary N) is 1. The van der Waals surface area contributed by atoms with Crippen LogP contribution in [0.2, 0.25) is 0 Å². The number of hydrogen-bond acceptors (Lipinski definition) is 5. The molecule has 0 saturated heterocycles. The maximum atomic E-state index is 12.9. The Morgan fingerprint density at radius 1 is 1.18 bits per heavy atom. The zero-order valence-electron chi connectivity index (χ0n) is 18.0. The molecule has 0 aromatic heterocycles. The van der Waals surface area contributed by atoms with Crippen LogP contribution in [0.5, 0.6) is 5.75 Å². The zero-order valence-corrected chi connectivity index (χ0v) is 18.0. The number of benzene rings is 1. The maximum Gasteiger partial charge on any atom is 0.573 e. The van der Waals surface area contributed by atoms with Gasteiger partial charge in [-0.15, -0.1) is 13.2 Å². The highest BCUT2D eigenvalue weighted by molar-refractivity contribution is 5.84. The number of urea groups is 1. The molecule has 12 heteroatoms. The minimum Gasteiger partial charge on any atom is -0.443 e. The number of carbonyl (C=O) groups excluding carboxylic acids is 3. The van der Waals surface area contributed by atoms with Gasteiger partial charge in [-0.2, -0.15) is 0 Å². The summed E-state index contributed by atoms with van der Waals surface area (Å²) in [6, 6.07) is 4.50. The lowest BCUT2D eigenvalue weighted by Gasteiger charge is -2.73. The third-order valence-corrected chi connectivity index (χ3v) is 6.42. The van der Waals surface area contributed by atoms with E-state index < -0.39 is 46.8 Å². The Bertz CT molecular complexity index is 959. The topological polar surface area (TPSA) is 123 Å². The highest BCUT2D eigenvalue weighted by Gasteiger charge is 2.72. The van der Waals surface area contributed by atoms with Gasteiger partial charge in [0.15, 0.2) is 0 Å². The summed E-state index contributed by atoms with van der Waals surface area (Å²) in [4.78, 5) is 37.6. The summed E-state index contributed by atoms with van der Waals surface area (Å²) in [6.07, 6.45) is -2.24. The lowest BCUT2D eigenvalue weighted by molar-refractivity contribution is -0.274. The van der Waals surface area contributed by atoms with Crippen molar-refractivity contribution in [3.63, 3.8) is 0 Å². The first kappa shape index (κ1) is 23.0. The Kier molecular flexibility index (Phi) is 5.37. The van der Waals surface area contributed by atoms with E-state index in [-0.39, 0.29) is 13.1 Å². The second kappa shape index (κ2) is 7.70. The van der Waals surface area contributed by atoms with E-state index in [1.807, 2.05) is 6.92 Å². The molecule has 0 heterocycles. The van der Waals surface area contributed by atoms with Crippen LogP contribution in [0, 0.1) is 0 Å². The van der Waals surface area contributed by atoms with Crippen LogP contribution in [0.1, 0.15) is 44.6 Å². The Balaban J connectivity index is 1.43. The highest BCUT2D eigenvalue weighted by Crippen LogP contribution is 2.64. The minimum absolute atomic E-state index is 0.00687. The highest BCUT2D eigenvalue weighted by atomic mass is 19.4. The third kappa shape index (κ3) is 5.09. The van der Waals surface area contributed by atoms with Crippen molar-refractivity contribution >= 4 is 18.0 Å². The average Bonchev–Trinajstić information content (AvgIpc) is 3.35. The molecule has 0 atom stereocenters. The van der Waals surface area contributed by atoms with E-state index in [2.05, 4.69) is 15.4 Å². The van der Waals surface area contributed by atoms with Crippen molar-refractivity contribution in [2.45, 2.75) is 68.6 Å². The molecule has 4 N–H and O–H groups in total. The number of ether oxygens (including phenoxy) is 2. The Morgan fingerprint density at radius 2 is 1.85 bits per heavy atom. The fourth-order valence-corrected chi connectivity index (χ4v) is 4.70. The van der Waals surface area contributed by atoms with Gasteiger partial charge >= 0.3 is 18.5 Å². The molecule has 0 aliphatic heterocycles. The monoisotopic (exact) mass is 470 g/mol. The number of hydrogen-bond donors (Lipinski definition) is 3. The Hall–Kier alpha value is -3.18. The van der Waals surface area contributed by atoms with Crippen LogP contribution >= 0.6 is 0 Å². The third-order valence-electron chi connectivity index (χ3n) is 6.42. The van der Waals surface area contributed by atoms with Gasteiger partial charge in [-0.25, -0.2) is 9.59 Å². The smallest absolute Gasteiger partial charge is 0.443 e. The molecule has 0 radical (unpaired) electrons. The van der Waals surface area contributed by atoms with E-state index >= 15 is 0 Å². The zero-order chi connectivity index (χ0) is 24.1. The van der Waals surface area contributed by atoms with Crippen molar-refractivity contribution in [3.05, 3.63) is 29.8 Å². The van der Waals surface area contributed by atoms with Gasteiger partial charge in [-0.05, 0) is 56.7 Å². The molecular formula is C21H25F3N4O5. The molecule has 1 aromatic rings. The van der Waals surface area contributed by atoms with E-state index in [0.29, 0.717) is 24.8 Å². The summed E-state index contributed by atoms with van der Waals surface area (Å²) in [5, 5.41) is 5.14. The number of rotatable bonds is 8. The number of carbonyl (C=O) groups is 3. The molecule has 4 saturated carbocycles. The second-order valence-corrected chi connectivity index (χ2v) is 9.39. The van der Waals surface area contributed by atoms with Crippen LogP contribution in [0.4, 0.5) is 22.8 Å². The number of alkyl halides is 3. The van der Waals surface area contributed by atoms with Crippen molar-refractivity contribution in [3.8, 4) is 5.75 Å². The quantitative estimate of drug-likeness (QED) is 0.539. The van der Waals surface area contributed by atoms with E-state index in [1.54, 1.807) is 6.07 Å². The van der Waals surface area contributed by atoms with Crippen LogP contribution < -0.4 is 21.1 Å². The fourth-order valence-electron chi connectivity index (χ4n) is 4.70. The lowest BCUT2D eigenvalue weighted by atomic mass is 9.43. The summed E-state index contributed by atoms with van der Waals surface area (Å²) >= 11 is 0.